The second kappa shape index (κ2) is 9.66. The minimum Gasteiger partial charge on any atom is -0.475 e. The lowest BCUT2D eigenvalue weighted by atomic mass is 10.1. The standard InChI is InChI=1S/C22H23F3N4O3/c1-30-11-12-31-19-13-16(8-9-26-19)20-27-21(32-28-20)18-3-2-10-29(18)14-15-4-6-17(7-5-15)22(23,24)25/h4-9,13,18H,2-3,10-12,14H2,1H3. The van der Waals surface area contributed by atoms with Gasteiger partial charge in [-0.1, -0.05) is 17.3 Å². The Labute approximate surface area is 183 Å². The van der Waals surface area contributed by atoms with E-state index in [0.717, 1.165) is 42.6 Å². The van der Waals surface area contributed by atoms with Gasteiger partial charge in [0.15, 0.2) is 0 Å². The number of aromatic nitrogens is 3. The van der Waals surface area contributed by atoms with E-state index < -0.39 is 11.7 Å². The van der Waals surface area contributed by atoms with Crippen molar-refractivity contribution < 1.29 is 27.2 Å². The summed E-state index contributed by atoms with van der Waals surface area (Å²) in [5.74, 6) is 1.36. The molecule has 3 heterocycles. The van der Waals surface area contributed by atoms with Gasteiger partial charge in [0.2, 0.25) is 17.6 Å². The molecular weight excluding hydrogens is 425 g/mol. The number of rotatable bonds is 8. The Morgan fingerprint density at radius 3 is 2.72 bits per heavy atom. The van der Waals surface area contributed by atoms with Crippen LogP contribution in [0, 0.1) is 0 Å². The topological polar surface area (TPSA) is 73.5 Å². The first-order valence-corrected chi connectivity index (χ1v) is 10.3. The fraction of sp³-hybridized carbons (Fsp3) is 0.409. The van der Waals surface area contributed by atoms with Crippen LogP contribution in [-0.4, -0.2) is 46.9 Å². The first-order chi connectivity index (χ1) is 15.4. The lowest BCUT2D eigenvalue weighted by Gasteiger charge is -2.21. The van der Waals surface area contributed by atoms with Crippen LogP contribution in [0.25, 0.3) is 11.4 Å². The molecule has 0 N–H and O–H groups in total. The van der Waals surface area contributed by atoms with Crippen molar-refractivity contribution in [3.8, 4) is 17.3 Å². The number of nitrogens with zero attached hydrogens (tertiary/aromatic N) is 4. The number of benzene rings is 1. The van der Waals surface area contributed by atoms with Gasteiger partial charge in [0.05, 0.1) is 18.2 Å². The van der Waals surface area contributed by atoms with Crippen LogP contribution in [-0.2, 0) is 17.5 Å². The van der Waals surface area contributed by atoms with Crippen molar-refractivity contribution in [2.75, 3.05) is 26.9 Å². The van der Waals surface area contributed by atoms with Crippen LogP contribution >= 0.6 is 0 Å². The van der Waals surface area contributed by atoms with Crippen LogP contribution in [0.2, 0.25) is 0 Å². The van der Waals surface area contributed by atoms with Gasteiger partial charge >= 0.3 is 6.18 Å². The highest BCUT2D eigenvalue weighted by Crippen LogP contribution is 2.34. The first-order valence-electron chi connectivity index (χ1n) is 10.3. The fourth-order valence-electron chi connectivity index (χ4n) is 3.67. The van der Waals surface area contributed by atoms with Crippen LogP contribution in [0.5, 0.6) is 5.88 Å². The SMILES string of the molecule is COCCOc1cc(-c2noc(C3CCCN3Cc3ccc(C(F)(F)F)cc3)n2)ccn1. The Bertz CT molecular complexity index is 1020. The van der Waals surface area contributed by atoms with E-state index in [2.05, 4.69) is 20.0 Å². The molecule has 7 nitrogen and oxygen atoms in total. The highest BCUT2D eigenvalue weighted by molar-refractivity contribution is 5.55. The lowest BCUT2D eigenvalue weighted by Crippen LogP contribution is -2.23. The third-order valence-electron chi connectivity index (χ3n) is 5.29. The van der Waals surface area contributed by atoms with Crippen molar-refractivity contribution in [3.63, 3.8) is 0 Å². The minimum atomic E-state index is -4.34. The molecule has 0 aliphatic carbocycles. The van der Waals surface area contributed by atoms with Gasteiger partial charge in [-0.05, 0) is 43.1 Å². The smallest absolute Gasteiger partial charge is 0.416 e. The summed E-state index contributed by atoms with van der Waals surface area (Å²) in [7, 11) is 1.60. The summed E-state index contributed by atoms with van der Waals surface area (Å²) >= 11 is 0. The third-order valence-corrected chi connectivity index (χ3v) is 5.29. The molecule has 1 fully saturated rings. The maximum absolute atomic E-state index is 12.8. The molecule has 0 saturated carbocycles. The van der Waals surface area contributed by atoms with E-state index in [1.54, 1.807) is 25.4 Å². The largest absolute Gasteiger partial charge is 0.475 e. The molecule has 0 amide bonds. The Hall–Kier alpha value is -2.98. The summed E-state index contributed by atoms with van der Waals surface area (Å²) in [5, 5.41) is 4.10. The summed E-state index contributed by atoms with van der Waals surface area (Å²) in [5.41, 5.74) is 0.870. The van der Waals surface area contributed by atoms with Crippen molar-refractivity contribution in [2.24, 2.45) is 0 Å². The lowest BCUT2D eigenvalue weighted by molar-refractivity contribution is -0.137. The van der Waals surface area contributed by atoms with E-state index in [1.807, 2.05) is 0 Å². The summed E-state index contributed by atoms with van der Waals surface area (Å²) in [6.45, 7) is 2.14. The van der Waals surface area contributed by atoms with Crippen LogP contribution in [0.4, 0.5) is 13.2 Å². The number of methoxy groups -OCH3 is 1. The Morgan fingerprint density at radius 2 is 1.97 bits per heavy atom. The van der Waals surface area contributed by atoms with Gasteiger partial charge in [-0.25, -0.2) is 4.98 Å². The predicted molar refractivity (Wildman–Crippen MR) is 109 cm³/mol. The quantitative estimate of drug-likeness (QED) is 0.470. The van der Waals surface area contributed by atoms with Crippen LogP contribution in [0.15, 0.2) is 47.1 Å². The second-order valence-electron chi connectivity index (χ2n) is 7.50. The molecule has 0 spiro atoms. The van der Waals surface area contributed by atoms with Crippen molar-refractivity contribution in [1.29, 1.82) is 0 Å². The number of pyridine rings is 1. The number of ether oxygens (including phenoxy) is 2. The third kappa shape index (κ3) is 5.25. The molecule has 4 rings (SSSR count). The molecule has 0 bridgehead atoms. The summed E-state index contributed by atoms with van der Waals surface area (Å²) in [6.07, 6.45) is -0.948. The number of alkyl halides is 3. The van der Waals surface area contributed by atoms with Crippen LogP contribution < -0.4 is 4.74 Å². The average Bonchev–Trinajstić information content (AvgIpc) is 3.43. The molecular formula is C22H23F3N4O3. The van der Waals surface area contributed by atoms with Gasteiger partial charge in [0.25, 0.3) is 0 Å². The van der Waals surface area contributed by atoms with Gasteiger partial charge in [-0.2, -0.15) is 18.2 Å². The molecule has 1 atom stereocenters. The molecule has 1 aromatic carbocycles. The first kappa shape index (κ1) is 22.2. The molecule has 2 aromatic heterocycles. The number of hydrogen-bond acceptors (Lipinski definition) is 7. The Balaban J connectivity index is 1.45. The molecule has 10 heteroatoms. The Morgan fingerprint density at radius 1 is 1.16 bits per heavy atom. The normalized spacial score (nSPS) is 17.1. The van der Waals surface area contributed by atoms with E-state index in [0.29, 0.717) is 37.4 Å². The molecule has 1 aliphatic heterocycles. The van der Waals surface area contributed by atoms with Gasteiger partial charge in [-0.3, -0.25) is 4.90 Å². The maximum Gasteiger partial charge on any atom is 0.416 e. The van der Waals surface area contributed by atoms with E-state index >= 15 is 0 Å². The van der Waals surface area contributed by atoms with E-state index in [1.165, 1.54) is 12.1 Å². The minimum absolute atomic E-state index is 0.0854. The highest BCUT2D eigenvalue weighted by Gasteiger charge is 2.32. The molecule has 170 valence electrons. The molecule has 0 radical (unpaired) electrons. The van der Waals surface area contributed by atoms with Gasteiger partial charge in [0.1, 0.15) is 6.61 Å². The molecule has 1 unspecified atom stereocenters. The van der Waals surface area contributed by atoms with Crippen molar-refractivity contribution in [1.82, 2.24) is 20.0 Å². The predicted octanol–water partition coefficient (Wildman–Crippen LogP) is 4.51. The summed E-state index contributed by atoms with van der Waals surface area (Å²) < 4.78 is 54.4. The molecule has 3 aromatic rings. The van der Waals surface area contributed by atoms with Gasteiger partial charge in [0, 0.05) is 31.5 Å². The molecule has 1 aliphatic rings. The maximum atomic E-state index is 12.8. The molecule has 32 heavy (non-hydrogen) atoms. The van der Waals surface area contributed by atoms with E-state index in [-0.39, 0.29) is 6.04 Å². The monoisotopic (exact) mass is 448 g/mol. The van der Waals surface area contributed by atoms with Crippen molar-refractivity contribution in [3.05, 3.63) is 59.6 Å². The highest BCUT2D eigenvalue weighted by atomic mass is 19.4. The van der Waals surface area contributed by atoms with Gasteiger partial charge < -0.3 is 14.0 Å². The van der Waals surface area contributed by atoms with Crippen LogP contribution in [0.1, 0.15) is 35.9 Å². The summed E-state index contributed by atoms with van der Waals surface area (Å²) in [4.78, 5) is 10.9. The zero-order valence-corrected chi connectivity index (χ0v) is 17.5. The Kier molecular flexibility index (Phi) is 6.71. The van der Waals surface area contributed by atoms with Crippen LogP contribution in [0.3, 0.4) is 0 Å². The van der Waals surface area contributed by atoms with Gasteiger partial charge in [-0.15, -0.1) is 0 Å². The zero-order valence-electron chi connectivity index (χ0n) is 17.5. The summed E-state index contributed by atoms with van der Waals surface area (Å²) in [6, 6.07) is 8.67. The molecule has 1 saturated heterocycles. The average molecular weight is 448 g/mol. The fourth-order valence-corrected chi connectivity index (χ4v) is 3.67. The number of halogens is 3. The van der Waals surface area contributed by atoms with E-state index in [4.69, 9.17) is 14.0 Å². The van der Waals surface area contributed by atoms with E-state index in [9.17, 15) is 13.2 Å². The number of likely N-dealkylation sites (tertiary alicyclic amines) is 1. The van der Waals surface area contributed by atoms with Crippen molar-refractivity contribution >= 4 is 0 Å². The van der Waals surface area contributed by atoms with Crippen molar-refractivity contribution in [2.45, 2.75) is 31.6 Å². The second-order valence-corrected chi connectivity index (χ2v) is 7.50. The zero-order chi connectivity index (χ0) is 22.6. The number of hydrogen-bond donors (Lipinski definition) is 0.